The Morgan fingerprint density at radius 2 is 0.500 bits per heavy atom. The van der Waals surface area contributed by atoms with Crippen molar-refractivity contribution in [3.63, 3.8) is 0 Å². The molecule has 0 aliphatic heterocycles. The molecule has 0 saturated heterocycles. The molecule has 0 spiro atoms. The first-order valence-corrected chi connectivity index (χ1v) is 0. The maximum absolute atomic E-state index is 0. The molecule has 0 aliphatic carbocycles. The van der Waals surface area contributed by atoms with Gasteiger partial charge in [-0.05, 0) is 0 Å². The molecule has 0 bridgehead atoms. The van der Waals surface area contributed by atoms with Crippen LogP contribution in [0, 0.1) is 40.4 Å². The molecule has 0 heterocycles. The standard InChI is InChI=1S/3ClH.Pm/h3*1H;. The van der Waals surface area contributed by atoms with Gasteiger partial charge in [0.2, 0.25) is 0 Å². The summed E-state index contributed by atoms with van der Waals surface area (Å²) >= 11 is 0. The van der Waals surface area contributed by atoms with Crippen molar-refractivity contribution in [3.8, 4) is 0 Å². The molecule has 0 N–H and O–H groups in total. The summed E-state index contributed by atoms with van der Waals surface area (Å²) in [6, 6.07) is 0. The molecule has 0 nitrogen and oxygen atoms in total. The van der Waals surface area contributed by atoms with Crippen LogP contribution in [0.25, 0.3) is 0 Å². The largest absolute Gasteiger partial charge is 0.147 e. The normalized spacial score (nSPS) is 0. The summed E-state index contributed by atoms with van der Waals surface area (Å²) in [5, 5.41) is 0. The summed E-state index contributed by atoms with van der Waals surface area (Å²) in [6.45, 7) is 0. The van der Waals surface area contributed by atoms with Gasteiger partial charge in [0.25, 0.3) is 0 Å². The predicted molar refractivity (Wildman–Crippen MR) is 21.7 cm³/mol. The van der Waals surface area contributed by atoms with Gasteiger partial charge in [-0.1, -0.05) is 0 Å². The smallest absolute Gasteiger partial charge is 0 e. The molecular weight excluding hydrogens is 251 g/mol. The first kappa shape index (κ1) is 34.5. The number of hydrogen-bond donors (Lipinski definition) is 0. The first-order chi connectivity index (χ1) is 0. The molecular formula is H3Cl3Pm. The molecule has 0 rings (SSSR count). The van der Waals surface area contributed by atoms with Gasteiger partial charge in [-0.3, -0.25) is 0 Å². The molecule has 0 aromatic carbocycles. The van der Waals surface area contributed by atoms with Gasteiger partial charge in [0.05, 0.1) is 0 Å². The molecule has 0 atom stereocenters. The van der Waals surface area contributed by atoms with E-state index in [-0.39, 0.29) is 77.6 Å². The molecule has 0 saturated carbocycles. The quantitative estimate of drug-likeness (QED) is 0.611. The van der Waals surface area contributed by atoms with Crippen LogP contribution in [0.1, 0.15) is 0 Å². The van der Waals surface area contributed by atoms with Crippen molar-refractivity contribution in [3.05, 3.63) is 0 Å². The predicted octanol–water partition coefficient (Wildman–Crippen LogP) is 1.27. The Kier molecular flexibility index (Phi) is 163. The van der Waals surface area contributed by atoms with Gasteiger partial charge < -0.3 is 0 Å². The molecule has 0 aromatic rings. The maximum Gasteiger partial charge on any atom is 0 e. The topological polar surface area (TPSA) is 0 Å². The molecule has 0 amide bonds. The van der Waals surface area contributed by atoms with Crippen LogP contribution in [-0.4, -0.2) is 0 Å². The van der Waals surface area contributed by atoms with Crippen molar-refractivity contribution in [2.24, 2.45) is 0 Å². The number of halogens is 3. The zero-order valence-electron chi connectivity index (χ0n) is 1.67. The Hall–Kier alpha value is 2.21. The summed E-state index contributed by atoms with van der Waals surface area (Å²) in [6.07, 6.45) is 0. The third-order valence-electron chi connectivity index (χ3n) is 0. The third kappa shape index (κ3) is 8.88. The summed E-state index contributed by atoms with van der Waals surface area (Å²) in [7, 11) is 0. The molecule has 0 aromatic heterocycles. The van der Waals surface area contributed by atoms with Crippen LogP contribution in [0.5, 0.6) is 0 Å². The Bertz CT molecular complexity index is 3.25. The molecule has 0 unspecified atom stereocenters. The van der Waals surface area contributed by atoms with Crippen LogP contribution in [0.15, 0.2) is 0 Å². The van der Waals surface area contributed by atoms with Crippen molar-refractivity contribution >= 4 is 37.2 Å². The Balaban J connectivity index is 0. The average molecular weight is 254 g/mol. The number of rotatable bonds is 0. The maximum atomic E-state index is 0. The second-order valence-electron chi connectivity index (χ2n) is 0. The average Bonchev–Trinajstić information content (AvgIpc) is 0. The monoisotopic (exact) mass is 253 g/mol. The molecule has 1 radical (unpaired) electrons. The fourth-order valence-electron chi connectivity index (χ4n) is 0. The SMILES string of the molecule is Cl.Cl.Cl.[Pm]. The molecule has 0 aliphatic rings. The van der Waals surface area contributed by atoms with Gasteiger partial charge in [0, 0.05) is 40.4 Å². The zero-order valence-corrected chi connectivity index (χ0v) is 6.99. The van der Waals surface area contributed by atoms with E-state index in [0.717, 1.165) is 0 Å². The Labute approximate surface area is 76.4 Å². The van der Waals surface area contributed by atoms with Gasteiger partial charge in [-0.2, -0.15) is 0 Å². The van der Waals surface area contributed by atoms with Gasteiger partial charge in [-0.25, -0.2) is 0 Å². The van der Waals surface area contributed by atoms with Crippen molar-refractivity contribution in [2.75, 3.05) is 0 Å². The van der Waals surface area contributed by atoms with E-state index >= 15 is 0 Å². The summed E-state index contributed by atoms with van der Waals surface area (Å²) < 4.78 is 0. The van der Waals surface area contributed by atoms with Crippen LogP contribution in [0.3, 0.4) is 0 Å². The van der Waals surface area contributed by atoms with E-state index in [1.165, 1.54) is 0 Å². The van der Waals surface area contributed by atoms with Crippen molar-refractivity contribution < 1.29 is 40.4 Å². The van der Waals surface area contributed by atoms with E-state index in [1.807, 2.05) is 0 Å². The number of hydrogen-bond acceptors (Lipinski definition) is 0. The van der Waals surface area contributed by atoms with E-state index < -0.39 is 0 Å². The fraction of sp³-hybridized carbons (Fsp3) is 0. The third-order valence-corrected chi connectivity index (χ3v) is 0. The van der Waals surface area contributed by atoms with E-state index in [2.05, 4.69) is 0 Å². The Morgan fingerprint density at radius 1 is 0.500 bits per heavy atom. The van der Waals surface area contributed by atoms with E-state index in [9.17, 15) is 0 Å². The van der Waals surface area contributed by atoms with Crippen LogP contribution < -0.4 is 0 Å². The molecule has 4 heteroatoms. The van der Waals surface area contributed by atoms with E-state index in [1.54, 1.807) is 0 Å². The minimum Gasteiger partial charge on any atom is -0.147 e. The first-order valence-electron chi connectivity index (χ1n) is 0. The fourth-order valence-corrected chi connectivity index (χ4v) is 0. The molecule has 0 fully saturated rings. The van der Waals surface area contributed by atoms with Gasteiger partial charge in [0.1, 0.15) is 0 Å². The van der Waals surface area contributed by atoms with Crippen molar-refractivity contribution in [2.45, 2.75) is 0 Å². The second-order valence-corrected chi connectivity index (χ2v) is 0. The van der Waals surface area contributed by atoms with Crippen LogP contribution >= 0.6 is 37.2 Å². The minimum absolute atomic E-state index is 0. The van der Waals surface area contributed by atoms with Crippen LogP contribution in [0.4, 0.5) is 0 Å². The van der Waals surface area contributed by atoms with E-state index in [4.69, 9.17) is 0 Å². The van der Waals surface area contributed by atoms with Crippen molar-refractivity contribution in [1.82, 2.24) is 0 Å². The Morgan fingerprint density at radius 3 is 0.500 bits per heavy atom. The van der Waals surface area contributed by atoms with Gasteiger partial charge >= 0.3 is 0 Å². The van der Waals surface area contributed by atoms with Crippen LogP contribution in [0.2, 0.25) is 0 Å². The van der Waals surface area contributed by atoms with Gasteiger partial charge in [-0.15, -0.1) is 37.2 Å². The second kappa shape index (κ2) is 18.9. The molecule has 29 valence electrons. The molecule has 4 heavy (non-hydrogen) atoms. The minimum atomic E-state index is 0. The van der Waals surface area contributed by atoms with Crippen molar-refractivity contribution in [1.29, 1.82) is 0 Å². The van der Waals surface area contributed by atoms with Crippen LogP contribution in [-0.2, 0) is 0 Å². The van der Waals surface area contributed by atoms with E-state index in [0.29, 0.717) is 0 Å². The van der Waals surface area contributed by atoms with Gasteiger partial charge in [0.15, 0.2) is 0 Å². The zero-order chi connectivity index (χ0) is 0. The summed E-state index contributed by atoms with van der Waals surface area (Å²) in [4.78, 5) is 0. The summed E-state index contributed by atoms with van der Waals surface area (Å²) in [5.41, 5.74) is 0. The summed E-state index contributed by atoms with van der Waals surface area (Å²) in [5.74, 6) is 0.